The molecule has 0 spiro atoms. The summed E-state index contributed by atoms with van der Waals surface area (Å²) in [6.07, 6.45) is -25.4. The molecule has 0 atom stereocenters. The fraction of sp³-hybridized carbons (Fsp3) is 0.429. The van der Waals surface area contributed by atoms with Crippen LogP contribution >= 0.6 is 0 Å². The first-order valence-electron chi connectivity index (χ1n) is 7.43. The van der Waals surface area contributed by atoms with Crippen molar-refractivity contribution in [2.75, 3.05) is 0 Å². The Bertz CT molecular complexity index is 892. The molecule has 0 amide bonds. The topological polar surface area (TPSA) is 43.2 Å². The minimum absolute atomic E-state index is 0.270. The molecule has 1 aliphatic heterocycles. The molecule has 1 heterocycles. The molecule has 1 aliphatic rings. The lowest BCUT2D eigenvalue weighted by molar-refractivity contribution is -0.296. The van der Waals surface area contributed by atoms with E-state index in [0.717, 1.165) is 0 Å². The summed E-state index contributed by atoms with van der Waals surface area (Å²) in [7, 11) is 0. The van der Waals surface area contributed by atoms with Gasteiger partial charge in [-0.3, -0.25) is 0 Å². The monoisotopic (exact) mass is 498 g/mol. The van der Waals surface area contributed by atoms with Gasteiger partial charge in [0.2, 0.25) is 5.90 Å². The normalized spacial score (nSPS) is 17.9. The molecule has 4 nitrogen and oxygen atoms in total. The number of hydrogen-bond acceptors (Lipinski definition) is 4. The molecule has 0 aromatic heterocycles. The molecule has 0 radical (unpaired) electrons. The van der Waals surface area contributed by atoms with Crippen molar-refractivity contribution in [3.63, 3.8) is 0 Å². The van der Waals surface area contributed by atoms with Crippen LogP contribution < -0.4 is 4.74 Å². The van der Waals surface area contributed by atoms with E-state index in [1.54, 1.807) is 0 Å². The van der Waals surface area contributed by atoms with Gasteiger partial charge in [-0.15, -0.1) is 13.2 Å². The molecular weight excluding hydrogens is 494 g/mol. The molecule has 32 heavy (non-hydrogen) atoms. The molecule has 0 N–H and O–H groups in total. The zero-order valence-corrected chi connectivity index (χ0v) is 14.3. The van der Waals surface area contributed by atoms with E-state index in [1.807, 2.05) is 0 Å². The number of nitrogens with zero attached hydrogens (tertiary/aromatic N) is 2. The maximum absolute atomic E-state index is 13.6. The number of ether oxygens (including phenoxy) is 2. The van der Waals surface area contributed by atoms with Gasteiger partial charge in [-0.05, 0) is 24.3 Å². The van der Waals surface area contributed by atoms with E-state index < -0.39 is 59.6 Å². The van der Waals surface area contributed by atoms with Crippen molar-refractivity contribution in [2.45, 2.75) is 36.5 Å². The van der Waals surface area contributed by atoms with E-state index in [0.29, 0.717) is 12.1 Å². The van der Waals surface area contributed by atoms with Crippen LogP contribution in [0.5, 0.6) is 5.75 Å². The second kappa shape index (κ2) is 7.36. The highest BCUT2D eigenvalue weighted by Gasteiger charge is 2.76. The number of rotatable bonds is 3. The van der Waals surface area contributed by atoms with Crippen LogP contribution in [-0.2, 0) is 4.74 Å². The van der Waals surface area contributed by atoms with E-state index >= 15 is 0 Å². The molecule has 2 rings (SSSR count). The van der Waals surface area contributed by atoms with Crippen molar-refractivity contribution < 1.29 is 70.9 Å². The molecule has 1 aromatic rings. The van der Waals surface area contributed by atoms with Crippen LogP contribution in [0.4, 0.5) is 61.5 Å². The predicted molar refractivity (Wildman–Crippen MR) is 74.0 cm³/mol. The Morgan fingerprint density at radius 3 is 1.53 bits per heavy atom. The van der Waals surface area contributed by atoms with E-state index in [-0.39, 0.29) is 12.1 Å². The first kappa shape index (κ1) is 25.4. The molecule has 0 saturated carbocycles. The van der Waals surface area contributed by atoms with Crippen molar-refractivity contribution in [1.82, 2.24) is 0 Å². The Balaban J connectivity index is 2.70. The maximum Gasteiger partial charge on any atom is 0.573 e. The third-order valence-corrected chi connectivity index (χ3v) is 3.47. The minimum atomic E-state index is -6.73. The van der Waals surface area contributed by atoms with Crippen molar-refractivity contribution >= 4 is 11.8 Å². The van der Waals surface area contributed by atoms with E-state index in [1.165, 1.54) is 4.99 Å². The summed E-state index contributed by atoms with van der Waals surface area (Å²) >= 11 is 0. The Hall–Kier alpha value is -2.82. The van der Waals surface area contributed by atoms with Crippen LogP contribution in [0, 0.1) is 0 Å². The molecule has 0 unspecified atom stereocenters. The molecule has 0 fully saturated rings. The van der Waals surface area contributed by atoms with Gasteiger partial charge >= 0.3 is 36.5 Å². The van der Waals surface area contributed by atoms with Crippen LogP contribution in [-0.4, -0.2) is 48.3 Å². The number of aliphatic imine (C=N–C) groups is 2. The number of benzene rings is 1. The van der Waals surface area contributed by atoms with Gasteiger partial charge < -0.3 is 9.47 Å². The summed E-state index contributed by atoms with van der Waals surface area (Å²) in [5, 5.41) is 0. The third-order valence-electron chi connectivity index (χ3n) is 3.47. The molecule has 18 heteroatoms. The summed E-state index contributed by atoms with van der Waals surface area (Å²) in [6, 6.07) is 1.13. The molecule has 1 aromatic carbocycles. The van der Waals surface area contributed by atoms with Crippen LogP contribution in [0.1, 0.15) is 5.56 Å². The molecule has 0 aliphatic carbocycles. The minimum Gasteiger partial charge on any atom is -0.418 e. The first-order chi connectivity index (χ1) is 14.1. The number of hydrogen-bond donors (Lipinski definition) is 0. The average molecular weight is 498 g/mol. The van der Waals surface area contributed by atoms with Gasteiger partial charge in [-0.2, -0.15) is 48.3 Å². The van der Waals surface area contributed by atoms with Gasteiger partial charge in [0.05, 0.1) is 0 Å². The first-order valence-corrected chi connectivity index (χ1v) is 7.43. The highest BCUT2D eigenvalue weighted by molar-refractivity contribution is 6.05. The number of alkyl halides is 14. The fourth-order valence-corrected chi connectivity index (χ4v) is 2.05. The van der Waals surface area contributed by atoms with Crippen LogP contribution in [0.25, 0.3) is 0 Å². The lowest BCUT2D eigenvalue weighted by atomic mass is 10.1. The zero-order chi connectivity index (χ0) is 25.0. The average Bonchev–Trinajstić information content (AvgIpc) is 2.57. The quantitative estimate of drug-likeness (QED) is 0.497. The summed E-state index contributed by atoms with van der Waals surface area (Å²) in [4.78, 5) is 3.52. The van der Waals surface area contributed by atoms with Crippen LogP contribution in [0.15, 0.2) is 34.3 Å². The molecule has 0 bridgehead atoms. The summed E-state index contributed by atoms with van der Waals surface area (Å²) in [6.45, 7) is 0. The Kier molecular flexibility index (Phi) is 5.85. The highest BCUT2D eigenvalue weighted by atomic mass is 19.4. The maximum atomic E-state index is 13.6. The Morgan fingerprint density at radius 2 is 1.16 bits per heavy atom. The third kappa shape index (κ3) is 4.67. The highest BCUT2D eigenvalue weighted by Crippen LogP contribution is 2.50. The second-order valence-electron chi connectivity index (χ2n) is 5.75. The zero-order valence-electron chi connectivity index (χ0n) is 14.3. The van der Waals surface area contributed by atoms with Crippen molar-refractivity contribution in [3.8, 4) is 5.75 Å². The van der Waals surface area contributed by atoms with Gasteiger partial charge in [0.25, 0.3) is 5.90 Å². The molecule has 0 saturated heterocycles. The van der Waals surface area contributed by atoms with E-state index in [2.05, 4.69) is 14.5 Å². The van der Waals surface area contributed by atoms with Crippen molar-refractivity contribution in [2.24, 2.45) is 9.98 Å². The predicted octanol–water partition coefficient (Wildman–Crippen LogP) is 5.78. The summed E-state index contributed by atoms with van der Waals surface area (Å²) in [5.74, 6) is -12.9. The number of halogens is 14. The lowest BCUT2D eigenvalue weighted by Gasteiger charge is -2.35. The lowest BCUT2D eigenvalue weighted by Crippen LogP contribution is -2.59. The molecule has 180 valence electrons. The van der Waals surface area contributed by atoms with Crippen molar-refractivity contribution in [3.05, 3.63) is 29.8 Å². The van der Waals surface area contributed by atoms with Crippen molar-refractivity contribution in [1.29, 1.82) is 0 Å². The second-order valence-corrected chi connectivity index (χ2v) is 5.75. The SMILES string of the molecule is FC(F)(F)Oc1ccc(C2=NC(C(F)(F)F)(C(F)(F)F)N=C(C(F)(F)C(F)(F)F)O2)cc1. The van der Waals surface area contributed by atoms with Gasteiger partial charge in [0, 0.05) is 5.56 Å². The van der Waals surface area contributed by atoms with Gasteiger partial charge in [0.1, 0.15) is 5.75 Å². The fourth-order valence-electron chi connectivity index (χ4n) is 2.05. The van der Waals surface area contributed by atoms with E-state index in [4.69, 9.17) is 0 Å². The van der Waals surface area contributed by atoms with Gasteiger partial charge in [-0.1, -0.05) is 0 Å². The summed E-state index contributed by atoms with van der Waals surface area (Å²) < 4.78 is 188. The Labute approximate surface area is 166 Å². The smallest absolute Gasteiger partial charge is 0.418 e. The standard InChI is InChI=1S/C14H4F14N2O2/c15-9(16,11(17,18)19)8-30-10(12(20,21)22,13(23,24)25)29-7(31-8)5-1-3-6(4-2-5)32-14(26,27)28/h1-4H. The largest absolute Gasteiger partial charge is 0.573 e. The van der Waals surface area contributed by atoms with E-state index in [9.17, 15) is 61.5 Å². The summed E-state index contributed by atoms with van der Waals surface area (Å²) in [5.41, 5.74) is -6.97. The Morgan fingerprint density at radius 1 is 0.688 bits per heavy atom. The van der Waals surface area contributed by atoms with Gasteiger partial charge in [-0.25, -0.2) is 9.98 Å². The van der Waals surface area contributed by atoms with Crippen LogP contribution in [0.2, 0.25) is 0 Å². The van der Waals surface area contributed by atoms with Gasteiger partial charge in [0.15, 0.2) is 0 Å². The van der Waals surface area contributed by atoms with Crippen LogP contribution in [0.3, 0.4) is 0 Å². The molecular formula is C14H4F14N2O2.